The van der Waals surface area contributed by atoms with Crippen molar-refractivity contribution < 1.29 is 18.7 Å². The molecule has 0 aliphatic rings. The molecule has 0 aliphatic carbocycles. The van der Waals surface area contributed by atoms with Gasteiger partial charge in [-0.1, -0.05) is 29.3 Å². The molecular weight excluding hydrogens is 321 g/mol. The minimum atomic E-state index is -1.02. The van der Waals surface area contributed by atoms with Crippen LogP contribution in [0.3, 0.4) is 0 Å². The Hall–Kier alpha value is -2.40. The van der Waals surface area contributed by atoms with Crippen LogP contribution in [0.1, 0.15) is 22.8 Å². The highest BCUT2D eigenvalue weighted by Gasteiger charge is 2.19. The molecule has 6 heteroatoms. The second-order valence-electron chi connectivity index (χ2n) is 5.03. The first-order valence-electron chi connectivity index (χ1n) is 6.90. The number of hydrogen-bond donors (Lipinski definition) is 1. The van der Waals surface area contributed by atoms with E-state index in [-0.39, 0.29) is 10.7 Å². The molecule has 1 N–H and O–H groups in total. The van der Waals surface area contributed by atoms with Gasteiger partial charge in [0.2, 0.25) is 0 Å². The van der Waals surface area contributed by atoms with Crippen molar-refractivity contribution in [3.8, 4) is 0 Å². The largest absolute Gasteiger partial charge is 0.449 e. The Morgan fingerprint density at radius 2 is 1.83 bits per heavy atom. The van der Waals surface area contributed by atoms with E-state index >= 15 is 0 Å². The first-order valence-corrected chi connectivity index (χ1v) is 7.28. The maximum Gasteiger partial charge on any atom is 0.338 e. The fourth-order valence-corrected chi connectivity index (χ4v) is 2.01. The van der Waals surface area contributed by atoms with Crippen molar-refractivity contribution >= 4 is 29.2 Å². The topological polar surface area (TPSA) is 55.4 Å². The summed E-state index contributed by atoms with van der Waals surface area (Å²) in [5, 5.41) is 2.55. The average molecular weight is 336 g/mol. The van der Waals surface area contributed by atoms with Gasteiger partial charge in [-0.2, -0.15) is 0 Å². The summed E-state index contributed by atoms with van der Waals surface area (Å²) in [6, 6.07) is 10.4. The molecule has 0 radical (unpaired) electrons. The van der Waals surface area contributed by atoms with Crippen molar-refractivity contribution in [3.05, 3.63) is 64.4 Å². The molecule has 0 aromatic heterocycles. The van der Waals surface area contributed by atoms with E-state index in [2.05, 4.69) is 5.32 Å². The molecule has 0 fully saturated rings. The Balaban J connectivity index is 1.99. The van der Waals surface area contributed by atoms with Gasteiger partial charge in [-0.25, -0.2) is 9.18 Å². The summed E-state index contributed by atoms with van der Waals surface area (Å²) in [5.74, 6) is -1.66. The molecule has 2 rings (SSSR count). The van der Waals surface area contributed by atoms with Crippen molar-refractivity contribution in [1.29, 1.82) is 0 Å². The normalized spacial score (nSPS) is 11.7. The first-order chi connectivity index (χ1) is 10.9. The lowest BCUT2D eigenvalue weighted by molar-refractivity contribution is -0.123. The Morgan fingerprint density at radius 3 is 2.43 bits per heavy atom. The summed E-state index contributed by atoms with van der Waals surface area (Å²) in [7, 11) is 0. The van der Waals surface area contributed by atoms with Crippen LogP contribution < -0.4 is 5.32 Å². The van der Waals surface area contributed by atoms with E-state index < -0.39 is 23.8 Å². The zero-order chi connectivity index (χ0) is 17.0. The van der Waals surface area contributed by atoms with Crippen LogP contribution in [0.4, 0.5) is 10.1 Å². The van der Waals surface area contributed by atoms with Gasteiger partial charge >= 0.3 is 5.97 Å². The number of halogens is 2. The van der Waals surface area contributed by atoms with Gasteiger partial charge in [0, 0.05) is 0 Å². The third kappa shape index (κ3) is 4.53. The Bertz CT molecular complexity index is 731. The molecule has 2 aromatic carbocycles. The third-order valence-corrected chi connectivity index (χ3v) is 3.44. The van der Waals surface area contributed by atoms with E-state index in [0.717, 1.165) is 11.6 Å². The average Bonchev–Trinajstić information content (AvgIpc) is 2.50. The molecule has 0 unspecified atom stereocenters. The van der Waals surface area contributed by atoms with Crippen LogP contribution >= 0.6 is 11.6 Å². The molecule has 1 atom stereocenters. The number of carbonyl (C=O) groups is 2. The fourth-order valence-electron chi connectivity index (χ4n) is 1.80. The highest BCUT2D eigenvalue weighted by Crippen LogP contribution is 2.22. The standard InChI is InChI=1S/C17H15ClFNO3/c1-10-3-5-12(6-4-10)17(22)23-11(2)16(21)20-15-8-7-13(19)9-14(15)18/h3-9,11H,1-2H3,(H,20,21)/t11-/m0/s1. The predicted molar refractivity (Wildman–Crippen MR) is 86.1 cm³/mol. The maximum absolute atomic E-state index is 13.0. The maximum atomic E-state index is 13.0. The van der Waals surface area contributed by atoms with E-state index in [0.29, 0.717) is 5.56 Å². The van der Waals surface area contributed by atoms with Crippen LogP contribution in [0.5, 0.6) is 0 Å². The minimum Gasteiger partial charge on any atom is -0.449 e. The summed E-state index contributed by atoms with van der Waals surface area (Å²) in [6.45, 7) is 3.34. The lowest BCUT2D eigenvalue weighted by Crippen LogP contribution is -2.30. The highest BCUT2D eigenvalue weighted by atomic mass is 35.5. The molecule has 23 heavy (non-hydrogen) atoms. The molecule has 0 spiro atoms. The number of nitrogens with one attached hydrogen (secondary N) is 1. The van der Waals surface area contributed by atoms with Crippen molar-refractivity contribution in [2.24, 2.45) is 0 Å². The van der Waals surface area contributed by atoms with Gasteiger partial charge < -0.3 is 10.1 Å². The zero-order valence-electron chi connectivity index (χ0n) is 12.6. The Labute approximate surface area is 138 Å². The Morgan fingerprint density at radius 1 is 1.17 bits per heavy atom. The number of carbonyl (C=O) groups excluding carboxylic acids is 2. The van der Waals surface area contributed by atoms with Crippen LogP contribution in [-0.4, -0.2) is 18.0 Å². The fraction of sp³-hybridized carbons (Fsp3) is 0.176. The first kappa shape index (κ1) is 17.0. The van der Waals surface area contributed by atoms with Crippen molar-refractivity contribution in [3.63, 3.8) is 0 Å². The third-order valence-electron chi connectivity index (χ3n) is 3.13. The molecule has 0 saturated carbocycles. The summed E-state index contributed by atoms with van der Waals surface area (Å²) < 4.78 is 18.1. The van der Waals surface area contributed by atoms with Crippen molar-refractivity contribution in [2.45, 2.75) is 20.0 Å². The molecule has 2 aromatic rings. The van der Waals surface area contributed by atoms with Gasteiger partial charge in [-0.3, -0.25) is 4.79 Å². The number of rotatable bonds is 4. The number of amides is 1. The van der Waals surface area contributed by atoms with Gasteiger partial charge in [0.1, 0.15) is 5.82 Å². The van der Waals surface area contributed by atoms with Gasteiger partial charge in [0.15, 0.2) is 6.10 Å². The van der Waals surface area contributed by atoms with Crippen molar-refractivity contribution in [1.82, 2.24) is 0 Å². The molecule has 0 heterocycles. The minimum absolute atomic E-state index is 0.0652. The monoisotopic (exact) mass is 335 g/mol. The summed E-state index contributed by atoms with van der Waals surface area (Å²) in [4.78, 5) is 24.0. The van der Waals surface area contributed by atoms with E-state index in [1.54, 1.807) is 24.3 Å². The lowest BCUT2D eigenvalue weighted by atomic mass is 10.1. The second kappa shape index (κ2) is 7.24. The zero-order valence-corrected chi connectivity index (χ0v) is 13.4. The number of esters is 1. The number of aryl methyl sites for hydroxylation is 1. The van der Waals surface area contributed by atoms with Gasteiger partial charge in [-0.15, -0.1) is 0 Å². The SMILES string of the molecule is Cc1ccc(C(=O)O[C@@H](C)C(=O)Nc2ccc(F)cc2Cl)cc1. The predicted octanol–water partition coefficient (Wildman–Crippen LogP) is 3.97. The van der Waals surface area contributed by atoms with E-state index in [1.807, 2.05) is 6.92 Å². The van der Waals surface area contributed by atoms with Crippen LogP contribution in [0, 0.1) is 12.7 Å². The summed E-state index contributed by atoms with van der Waals surface area (Å²) >= 11 is 5.83. The summed E-state index contributed by atoms with van der Waals surface area (Å²) in [5.41, 5.74) is 1.62. The van der Waals surface area contributed by atoms with Gasteiger partial charge in [0.05, 0.1) is 16.3 Å². The number of ether oxygens (including phenoxy) is 1. The van der Waals surface area contributed by atoms with E-state index in [4.69, 9.17) is 16.3 Å². The van der Waals surface area contributed by atoms with Gasteiger partial charge in [0.25, 0.3) is 5.91 Å². The molecule has 0 bridgehead atoms. The smallest absolute Gasteiger partial charge is 0.338 e. The second-order valence-corrected chi connectivity index (χ2v) is 5.43. The summed E-state index contributed by atoms with van der Waals surface area (Å²) in [6.07, 6.45) is -1.02. The molecule has 0 aliphatic heterocycles. The Kier molecular flexibility index (Phi) is 5.34. The number of benzene rings is 2. The molecule has 1 amide bonds. The van der Waals surface area contributed by atoms with Gasteiger partial charge in [-0.05, 0) is 44.2 Å². The van der Waals surface area contributed by atoms with Crippen LogP contribution in [0.25, 0.3) is 0 Å². The number of hydrogen-bond acceptors (Lipinski definition) is 3. The highest BCUT2D eigenvalue weighted by molar-refractivity contribution is 6.33. The molecule has 0 saturated heterocycles. The van der Waals surface area contributed by atoms with Crippen LogP contribution in [-0.2, 0) is 9.53 Å². The quantitative estimate of drug-likeness (QED) is 0.860. The molecule has 120 valence electrons. The lowest BCUT2D eigenvalue weighted by Gasteiger charge is -2.14. The van der Waals surface area contributed by atoms with Crippen LogP contribution in [0.15, 0.2) is 42.5 Å². The molecular formula is C17H15ClFNO3. The number of anilines is 1. The van der Waals surface area contributed by atoms with Crippen LogP contribution in [0.2, 0.25) is 5.02 Å². The molecule has 4 nitrogen and oxygen atoms in total. The van der Waals surface area contributed by atoms with E-state index in [9.17, 15) is 14.0 Å². The van der Waals surface area contributed by atoms with E-state index in [1.165, 1.54) is 19.1 Å². The van der Waals surface area contributed by atoms with Crippen molar-refractivity contribution in [2.75, 3.05) is 5.32 Å².